The Bertz CT molecular complexity index is 2740. The highest BCUT2D eigenvalue weighted by atomic mass is 35.5. The van der Waals surface area contributed by atoms with Gasteiger partial charge in [0.05, 0.1) is 44.4 Å². The number of carbonyl (C=O) groups is 4. The lowest BCUT2D eigenvalue weighted by Gasteiger charge is -2.34. The number of benzene rings is 3. The minimum absolute atomic E-state index is 0. The van der Waals surface area contributed by atoms with Gasteiger partial charge in [-0.15, -0.1) is 49.6 Å². The van der Waals surface area contributed by atoms with Crippen molar-refractivity contribution in [2.24, 2.45) is 5.92 Å². The molecule has 3 aromatic carbocycles. The van der Waals surface area contributed by atoms with Crippen molar-refractivity contribution in [2.45, 2.75) is 63.7 Å². The third-order valence-corrected chi connectivity index (χ3v) is 12.9. The number of aromatic amines is 2. The number of imidazole rings is 2. The Morgan fingerprint density at radius 3 is 1.90 bits per heavy atom. The van der Waals surface area contributed by atoms with Crippen molar-refractivity contribution in [3.05, 3.63) is 114 Å². The van der Waals surface area contributed by atoms with Crippen LogP contribution in [0.25, 0.3) is 22.4 Å². The molecule has 0 aliphatic carbocycles. The summed E-state index contributed by atoms with van der Waals surface area (Å²) in [5.74, 6) is 13.2. The number of carbonyl (C=O) groups excluding carboxylic acids is 4. The molecule has 5 heterocycles. The Balaban J connectivity index is 0.00000281. The average molecular weight is 1060 g/mol. The molecular weight excluding hydrogens is 1000 g/mol. The average Bonchev–Trinajstić information content (AvgIpc) is 4.22. The maximum atomic E-state index is 14.0. The Hall–Kier alpha value is -6.40. The molecule has 2 aromatic heterocycles. The first-order valence-corrected chi connectivity index (χ1v) is 23.2. The second-order valence-corrected chi connectivity index (χ2v) is 17.7. The summed E-state index contributed by atoms with van der Waals surface area (Å²) in [6.07, 6.45) is 5.16. The molecule has 3 aliphatic rings. The lowest BCUT2D eigenvalue weighted by atomic mass is 9.96. The zero-order valence-electron chi connectivity index (χ0n) is 40.8. The number of H-pyrrole nitrogens is 2. The van der Waals surface area contributed by atoms with Crippen molar-refractivity contribution in [2.75, 3.05) is 65.4 Å². The second kappa shape index (κ2) is 26.9. The topological polar surface area (TPSA) is 181 Å². The Kier molecular flexibility index (Phi) is 21.7. The molecule has 0 radical (unpaired) electrons. The molecule has 3 fully saturated rings. The van der Waals surface area contributed by atoms with Gasteiger partial charge in [-0.1, -0.05) is 68.3 Å². The number of anilines is 1. The van der Waals surface area contributed by atoms with Gasteiger partial charge in [0.2, 0.25) is 5.91 Å². The molecule has 4 atom stereocenters. The first-order chi connectivity index (χ1) is 33.0. The molecule has 0 saturated carbocycles. The largest absolute Gasteiger partial charge is 0.453 e. The molecule has 0 bridgehead atoms. The van der Waals surface area contributed by atoms with Crippen LogP contribution in [0.3, 0.4) is 0 Å². The van der Waals surface area contributed by atoms with E-state index in [1.165, 1.54) is 19.9 Å². The van der Waals surface area contributed by atoms with Crippen molar-refractivity contribution in [1.29, 1.82) is 0 Å². The number of hydrogen-bond acceptors (Lipinski definition) is 10. The Morgan fingerprint density at radius 2 is 1.26 bits per heavy atom. The Morgan fingerprint density at radius 1 is 0.681 bits per heavy atom. The van der Waals surface area contributed by atoms with Crippen LogP contribution in [0.1, 0.15) is 86.1 Å². The number of aromatic nitrogens is 4. The third kappa shape index (κ3) is 13.6. The van der Waals surface area contributed by atoms with Gasteiger partial charge in [0.1, 0.15) is 29.4 Å². The number of hydrogen-bond donors (Lipinski definition) is 4. The minimum Gasteiger partial charge on any atom is -0.453 e. The van der Waals surface area contributed by atoms with Crippen molar-refractivity contribution < 1.29 is 28.7 Å². The molecule has 5 aromatic rings. The van der Waals surface area contributed by atoms with Crippen LogP contribution in [-0.4, -0.2) is 125 Å². The van der Waals surface area contributed by atoms with Gasteiger partial charge in [-0.2, -0.15) is 0 Å². The molecule has 0 spiro atoms. The van der Waals surface area contributed by atoms with Crippen LogP contribution in [0.4, 0.5) is 15.3 Å². The molecule has 3 saturated heterocycles. The number of piperazine rings is 1. The van der Waals surface area contributed by atoms with Crippen LogP contribution >= 0.6 is 49.6 Å². The van der Waals surface area contributed by atoms with E-state index in [-0.39, 0.29) is 79.4 Å². The van der Waals surface area contributed by atoms with Gasteiger partial charge in [-0.3, -0.25) is 9.59 Å². The molecule has 3 unspecified atom stereocenters. The van der Waals surface area contributed by atoms with Crippen LogP contribution in [0, 0.1) is 29.6 Å². The SMILES string of the molecule is COC(=O)NC(C(=O)N1CCCC1c1ncc(C#CC#Cc2ccc(-c3cnc(C4CCCN4C(=O)[C@@H](NC(=O)OC)C(C)C)[nH]3)cc2-c2ccc(N3CCN(C)CC3)cc2)[nH]1)c1ccccc1.Cl.Cl.Cl.Cl. The van der Waals surface area contributed by atoms with E-state index in [0.29, 0.717) is 42.4 Å². The summed E-state index contributed by atoms with van der Waals surface area (Å²) in [5, 5.41) is 5.42. The summed E-state index contributed by atoms with van der Waals surface area (Å²) in [6, 6.07) is 21.6. The lowest BCUT2D eigenvalue weighted by Crippen LogP contribution is -2.51. The number of halogens is 4. The van der Waals surface area contributed by atoms with Gasteiger partial charge in [0, 0.05) is 56.1 Å². The fourth-order valence-corrected chi connectivity index (χ4v) is 9.18. The Labute approximate surface area is 445 Å². The van der Waals surface area contributed by atoms with Crippen molar-refractivity contribution in [1.82, 2.24) is 45.3 Å². The van der Waals surface area contributed by atoms with Gasteiger partial charge in [0.25, 0.3) is 5.91 Å². The molecule has 20 heteroatoms. The molecule has 3 aliphatic heterocycles. The summed E-state index contributed by atoms with van der Waals surface area (Å²) in [6.45, 7) is 8.82. The van der Waals surface area contributed by atoms with Crippen molar-refractivity contribution in [3.63, 3.8) is 0 Å². The summed E-state index contributed by atoms with van der Waals surface area (Å²) in [7, 11) is 4.71. The standard InChI is InChI=1S/C52H58N10O6.4ClH/c1-34(2)45(57-51(65)67-4)49(63)61-25-12-18-44(61)48-54-33-42(56-48)38-20-19-35(41(31-38)36-21-23-40(24-22-36)60-29-27-59(3)28-30-60)13-9-10-16-39-32-53-47(55-39)43-17-11-26-62(43)50(64)46(58-52(66)68-5)37-14-7-6-8-15-37;;;;/h6-8,14-15,19-24,31-34,43-46H,11-12,17-18,25-30H2,1-5H3,(H,53,55)(H,54,56)(H,57,65)(H,58,66);4*1H/t43?,44?,45-,46?;;;;/m0..../s1. The number of rotatable bonds is 11. The minimum atomic E-state index is -0.915. The normalized spacial score (nSPS) is 16.9. The number of nitrogens with one attached hydrogen (secondary N) is 4. The maximum Gasteiger partial charge on any atom is 0.407 e. The second-order valence-electron chi connectivity index (χ2n) is 17.7. The highest BCUT2D eigenvalue weighted by molar-refractivity contribution is 5.88. The zero-order chi connectivity index (χ0) is 47.7. The summed E-state index contributed by atoms with van der Waals surface area (Å²) >= 11 is 0. The summed E-state index contributed by atoms with van der Waals surface area (Å²) < 4.78 is 9.65. The molecule has 4 amide bonds. The lowest BCUT2D eigenvalue weighted by molar-refractivity contribution is -0.135. The van der Waals surface area contributed by atoms with Crippen LogP contribution in [0.15, 0.2) is 85.2 Å². The molecule has 4 N–H and O–H groups in total. The number of likely N-dealkylation sites (tertiary alicyclic amines) is 2. The summed E-state index contributed by atoms with van der Waals surface area (Å²) in [5.41, 5.74) is 6.81. The maximum absolute atomic E-state index is 14.0. The van der Waals surface area contributed by atoms with Gasteiger partial charge in [-0.05, 0) is 97.4 Å². The van der Waals surface area contributed by atoms with Crippen LogP contribution in [0.5, 0.6) is 0 Å². The zero-order valence-corrected chi connectivity index (χ0v) is 44.1. The van der Waals surface area contributed by atoms with Crippen molar-refractivity contribution >= 4 is 79.3 Å². The van der Waals surface area contributed by atoms with E-state index in [0.717, 1.165) is 73.4 Å². The number of nitrogens with zero attached hydrogens (tertiary/aromatic N) is 6. The number of alkyl carbamates (subject to hydrolysis) is 2. The number of likely N-dealkylation sites (N-methyl/N-ethyl adjacent to an activating group) is 1. The smallest absolute Gasteiger partial charge is 0.407 e. The van der Waals surface area contributed by atoms with Gasteiger partial charge >= 0.3 is 12.2 Å². The first kappa shape index (κ1) is 58.2. The van der Waals surface area contributed by atoms with Crippen LogP contribution < -0.4 is 15.5 Å². The molecule has 8 rings (SSSR count). The van der Waals surface area contributed by atoms with Gasteiger partial charge in [-0.25, -0.2) is 19.6 Å². The number of amides is 4. The van der Waals surface area contributed by atoms with Crippen LogP contribution in [-0.2, 0) is 19.1 Å². The van der Waals surface area contributed by atoms with Crippen molar-refractivity contribution in [3.8, 4) is 46.1 Å². The molecule has 384 valence electrons. The monoisotopic (exact) mass is 1060 g/mol. The molecular formula is C52H62Cl4N10O6. The fourth-order valence-electron chi connectivity index (χ4n) is 9.18. The fraction of sp³-hybridized carbons (Fsp3) is 0.385. The van der Waals surface area contributed by atoms with E-state index in [1.54, 1.807) is 34.3 Å². The number of ether oxygens (including phenoxy) is 2. The first-order valence-electron chi connectivity index (χ1n) is 23.2. The van der Waals surface area contributed by atoms with Gasteiger partial charge in [0.15, 0.2) is 0 Å². The summed E-state index contributed by atoms with van der Waals surface area (Å²) in [4.78, 5) is 76.7. The third-order valence-electron chi connectivity index (χ3n) is 12.9. The van der Waals surface area contributed by atoms with E-state index in [4.69, 9.17) is 14.5 Å². The highest BCUT2D eigenvalue weighted by Gasteiger charge is 2.39. The van der Waals surface area contributed by atoms with Crippen LogP contribution in [0.2, 0.25) is 0 Å². The van der Waals surface area contributed by atoms with E-state index >= 15 is 0 Å². The highest BCUT2D eigenvalue weighted by Crippen LogP contribution is 2.36. The number of methoxy groups -OCH3 is 2. The van der Waals surface area contributed by atoms with E-state index in [9.17, 15) is 19.2 Å². The van der Waals surface area contributed by atoms with E-state index < -0.39 is 24.3 Å². The van der Waals surface area contributed by atoms with E-state index in [2.05, 4.69) is 96.4 Å². The molecule has 72 heavy (non-hydrogen) atoms. The van der Waals surface area contributed by atoms with E-state index in [1.807, 2.05) is 44.2 Å². The predicted molar refractivity (Wildman–Crippen MR) is 287 cm³/mol. The predicted octanol–water partition coefficient (Wildman–Crippen LogP) is 8.11. The quantitative estimate of drug-likeness (QED) is 0.0944. The van der Waals surface area contributed by atoms with Gasteiger partial charge < -0.3 is 49.7 Å². The molecule has 16 nitrogen and oxygen atoms in total.